The van der Waals surface area contributed by atoms with Gasteiger partial charge in [0.25, 0.3) is 0 Å². The zero-order valence-corrected chi connectivity index (χ0v) is 23.4. The van der Waals surface area contributed by atoms with Gasteiger partial charge in [-0.05, 0) is 76.4 Å². The van der Waals surface area contributed by atoms with Crippen LogP contribution < -0.4 is 0 Å². The third-order valence-corrected chi connectivity index (χ3v) is 4.97. The van der Waals surface area contributed by atoms with Gasteiger partial charge in [0.1, 0.15) is 0 Å². The highest BCUT2D eigenvalue weighted by atomic mass is 16.8. The van der Waals surface area contributed by atoms with E-state index in [2.05, 4.69) is 39.8 Å². The Morgan fingerprint density at radius 3 is 1.17 bits per heavy atom. The standard InChI is InChI=1S/C28H54O7/c1-7-21-31-27(32-22-8-2)19-15-11-13-17-25(29-5)35-26(30-6)18-14-12-16-20-28(33-23-9-3)34-24-10-4/h13-14,17-18,25-28H,7-12,15-16,19-24H2,1-6H3. The molecule has 0 aliphatic rings. The quantitative estimate of drug-likeness (QED) is 0.0735. The molecule has 0 heterocycles. The predicted octanol–water partition coefficient (Wildman–Crippen LogP) is 6.76. The Balaban J connectivity index is 4.33. The molecule has 0 saturated heterocycles. The van der Waals surface area contributed by atoms with E-state index in [9.17, 15) is 0 Å². The number of hydrogen-bond donors (Lipinski definition) is 0. The van der Waals surface area contributed by atoms with E-state index in [1.165, 1.54) is 0 Å². The second-order valence-electron chi connectivity index (χ2n) is 8.40. The van der Waals surface area contributed by atoms with Gasteiger partial charge in [0.05, 0.1) is 0 Å². The van der Waals surface area contributed by atoms with Gasteiger partial charge < -0.3 is 33.2 Å². The Morgan fingerprint density at radius 1 is 0.543 bits per heavy atom. The van der Waals surface area contributed by atoms with Crippen molar-refractivity contribution in [3.8, 4) is 0 Å². The van der Waals surface area contributed by atoms with Gasteiger partial charge in [-0.15, -0.1) is 0 Å². The molecule has 0 rings (SSSR count). The maximum absolute atomic E-state index is 5.90. The molecule has 2 unspecified atom stereocenters. The average Bonchev–Trinajstić information content (AvgIpc) is 2.88. The van der Waals surface area contributed by atoms with Crippen molar-refractivity contribution in [3.63, 3.8) is 0 Å². The lowest BCUT2D eigenvalue weighted by molar-refractivity contribution is -0.188. The summed E-state index contributed by atoms with van der Waals surface area (Å²) >= 11 is 0. The maximum atomic E-state index is 5.90. The Kier molecular flexibility index (Phi) is 25.7. The first-order valence-electron chi connectivity index (χ1n) is 13.7. The largest absolute Gasteiger partial charge is 0.353 e. The molecule has 7 nitrogen and oxygen atoms in total. The molecule has 0 fully saturated rings. The minimum atomic E-state index is -0.470. The van der Waals surface area contributed by atoms with Crippen molar-refractivity contribution in [1.29, 1.82) is 0 Å². The van der Waals surface area contributed by atoms with E-state index in [4.69, 9.17) is 33.2 Å². The van der Waals surface area contributed by atoms with Crippen LogP contribution in [-0.4, -0.2) is 65.8 Å². The van der Waals surface area contributed by atoms with Gasteiger partial charge in [-0.1, -0.05) is 39.8 Å². The van der Waals surface area contributed by atoms with E-state index in [1.807, 2.05) is 12.2 Å². The molecule has 0 aromatic carbocycles. The molecule has 0 bridgehead atoms. The Hall–Kier alpha value is -0.800. The van der Waals surface area contributed by atoms with Crippen molar-refractivity contribution >= 4 is 0 Å². The van der Waals surface area contributed by atoms with Gasteiger partial charge in [0.15, 0.2) is 25.2 Å². The number of unbranched alkanes of at least 4 members (excludes halogenated alkanes) is 2. The minimum absolute atomic E-state index is 0.118. The molecule has 7 heteroatoms. The van der Waals surface area contributed by atoms with Crippen LogP contribution in [0.2, 0.25) is 0 Å². The van der Waals surface area contributed by atoms with Crippen LogP contribution in [0, 0.1) is 0 Å². The molecule has 0 aromatic heterocycles. The molecule has 0 amide bonds. The van der Waals surface area contributed by atoms with Crippen molar-refractivity contribution in [2.24, 2.45) is 0 Å². The highest BCUT2D eigenvalue weighted by molar-refractivity contribution is 4.89. The third kappa shape index (κ3) is 21.0. The summed E-state index contributed by atoms with van der Waals surface area (Å²) in [6.07, 6.45) is 16.3. The number of hydrogen-bond acceptors (Lipinski definition) is 7. The van der Waals surface area contributed by atoms with Gasteiger partial charge in [0.2, 0.25) is 0 Å². The lowest BCUT2D eigenvalue weighted by Gasteiger charge is -2.19. The van der Waals surface area contributed by atoms with Gasteiger partial charge in [-0.25, -0.2) is 0 Å². The van der Waals surface area contributed by atoms with Crippen molar-refractivity contribution in [2.75, 3.05) is 40.6 Å². The summed E-state index contributed by atoms with van der Waals surface area (Å²) in [4.78, 5) is 0. The monoisotopic (exact) mass is 502 g/mol. The van der Waals surface area contributed by atoms with E-state index in [0.717, 1.165) is 90.6 Å². The smallest absolute Gasteiger partial charge is 0.179 e. The van der Waals surface area contributed by atoms with E-state index in [-0.39, 0.29) is 12.6 Å². The number of ether oxygens (including phenoxy) is 7. The SMILES string of the molecule is CCCOC(CCCC=CC(OC)OC(C=CCCCC(OCCC)OCCC)OC)OCCC. The fourth-order valence-corrected chi connectivity index (χ4v) is 3.14. The zero-order chi connectivity index (χ0) is 26.0. The van der Waals surface area contributed by atoms with Crippen molar-refractivity contribution in [1.82, 2.24) is 0 Å². The van der Waals surface area contributed by atoms with Crippen LogP contribution in [-0.2, 0) is 33.2 Å². The lowest BCUT2D eigenvalue weighted by Crippen LogP contribution is -2.22. The molecule has 0 saturated carbocycles. The van der Waals surface area contributed by atoms with E-state index < -0.39 is 12.6 Å². The molecule has 0 aliphatic heterocycles. The first kappa shape index (κ1) is 34.2. The van der Waals surface area contributed by atoms with Gasteiger partial charge >= 0.3 is 0 Å². The summed E-state index contributed by atoms with van der Waals surface area (Å²) in [5.41, 5.74) is 0. The van der Waals surface area contributed by atoms with Crippen molar-refractivity contribution in [2.45, 2.75) is 117 Å². The van der Waals surface area contributed by atoms with Crippen molar-refractivity contribution < 1.29 is 33.2 Å². The first-order valence-corrected chi connectivity index (χ1v) is 13.7. The molecule has 0 aliphatic carbocycles. The number of allylic oxidation sites excluding steroid dienone is 2. The number of methoxy groups -OCH3 is 2. The first-order chi connectivity index (χ1) is 17.1. The van der Waals surface area contributed by atoms with Crippen LogP contribution >= 0.6 is 0 Å². The van der Waals surface area contributed by atoms with Crippen LogP contribution in [0.4, 0.5) is 0 Å². The second kappa shape index (κ2) is 26.3. The summed E-state index contributed by atoms with van der Waals surface area (Å²) in [7, 11) is 3.26. The van der Waals surface area contributed by atoms with Gasteiger partial charge in [-0.3, -0.25) is 0 Å². The molecule has 0 N–H and O–H groups in total. The molecule has 0 radical (unpaired) electrons. The minimum Gasteiger partial charge on any atom is -0.353 e. The Bertz CT molecular complexity index is 426. The molecular formula is C28H54O7. The predicted molar refractivity (Wildman–Crippen MR) is 141 cm³/mol. The van der Waals surface area contributed by atoms with Gasteiger partial charge in [0, 0.05) is 40.6 Å². The summed E-state index contributed by atoms with van der Waals surface area (Å²) in [5.74, 6) is 0. The third-order valence-electron chi connectivity index (χ3n) is 4.97. The Labute approximate surface area is 215 Å². The zero-order valence-electron chi connectivity index (χ0n) is 23.4. The molecule has 0 spiro atoms. The fraction of sp³-hybridized carbons (Fsp3) is 0.857. The van der Waals surface area contributed by atoms with Gasteiger partial charge in [-0.2, -0.15) is 0 Å². The van der Waals surface area contributed by atoms with Crippen LogP contribution in [0.5, 0.6) is 0 Å². The highest BCUT2D eigenvalue weighted by Crippen LogP contribution is 2.12. The van der Waals surface area contributed by atoms with E-state index in [0.29, 0.717) is 0 Å². The summed E-state index contributed by atoms with van der Waals surface area (Å²) < 4.78 is 39.9. The van der Waals surface area contributed by atoms with Crippen LogP contribution in [0.1, 0.15) is 91.9 Å². The number of rotatable bonds is 26. The molecular weight excluding hydrogens is 448 g/mol. The summed E-state index contributed by atoms with van der Waals surface area (Å²) in [5, 5.41) is 0. The molecule has 35 heavy (non-hydrogen) atoms. The topological polar surface area (TPSA) is 64.6 Å². The van der Waals surface area contributed by atoms with E-state index in [1.54, 1.807) is 14.2 Å². The molecule has 2 atom stereocenters. The summed E-state index contributed by atoms with van der Waals surface area (Å²) in [6, 6.07) is 0. The molecule has 0 aromatic rings. The average molecular weight is 503 g/mol. The summed E-state index contributed by atoms with van der Waals surface area (Å²) in [6.45, 7) is 11.4. The second-order valence-corrected chi connectivity index (χ2v) is 8.40. The van der Waals surface area contributed by atoms with Crippen LogP contribution in [0.25, 0.3) is 0 Å². The normalized spacial score (nSPS) is 14.2. The van der Waals surface area contributed by atoms with Crippen LogP contribution in [0.3, 0.4) is 0 Å². The lowest BCUT2D eigenvalue weighted by atomic mass is 10.2. The van der Waals surface area contributed by atoms with Crippen molar-refractivity contribution in [3.05, 3.63) is 24.3 Å². The fourth-order valence-electron chi connectivity index (χ4n) is 3.14. The maximum Gasteiger partial charge on any atom is 0.179 e. The van der Waals surface area contributed by atoms with Crippen LogP contribution in [0.15, 0.2) is 24.3 Å². The van der Waals surface area contributed by atoms with E-state index >= 15 is 0 Å². The Morgan fingerprint density at radius 2 is 0.886 bits per heavy atom. The highest BCUT2D eigenvalue weighted by Gasteiger charge is 2.12. The molecule has 208 valence electrons.